The molecule has 1 amide bonds. The van der Waals surface area contributed by atoms with Gasteiger partial charge < -0.3 is 10.0 Å². The van der Waals surface area contributed by atoms with Gasteiger partial charge in [0.25, 0.3) is 0 Å². The number of hydrogen-bond acceptors (Lipinski definition) is 3. The van der Waals surface area contributed by atoms with Crippen LogP contribution >= 0.6 is 11.8 Å². The summed E-state index contributed by atoms with van der Waals surface area (Å²) in [5.74, 6) is 1.04. The molecule has 1 aromatic rings. The number of aliphatic hydroxyl groups is 1. The van der Waals surface area contributed by atoms with E-state index < -0.39 is 6.10 Å². The first-order chi connectivity index (χ1) is 12.0. The molecule has 0 radical (unpaired) electrons. The summed E-state index contributed by atoms with van der Waals surface area (Å²) in [4.78, 5) is 14.4. The monoisotopic (exact) mass is 363 g/mol. The van der Waals surface area contributed by atoms with E-state index in [1.54, 1.807) is 11.8 Å². The summed E-state index contributed by atoms with van der Waals surface area (Å²) in [5, 5.41) is 10.2. The van der Waals surface area contributed by atoms with Crippen molar-refractivity contribution in [2.75, 3.05) is 23.5 Å². The van der Waals surface area contributed by atoms with Gasteiger partial charge >= 0.3 is 0 Å². The molecule has 1 unspecified atom stereocenters. The minimum absolute atomic E-state index is 0.0357. The molecule has 0 aliphatic heterocycles. The second kappa shape index (κ2) is 12.2. The van der Waals surface area contributed by atoms with Gasteiger partial charge in [0, 0.05) is 18.2 Å². The van der Waals surface area contributed by atoms with E-state index in [1.165, 1.54) is 0 Å². The van der Waals surface area contributed by atoms with E-state index in [9.17, 15) is 9.90 Å². The van der Waals surface area contributed by atoms with Crippen LogP contribution in [0.2, 0.25) is 0 Å². The molecule has 25 heavy (non-hydrogen) atoms. The lowest BCUT2D eigenvalue weighted by Crippen LogP contribution is -2.35. The molecule has 0 aromatic heterocycles. The molecule has 0 saturated heterocycles. The summed E-state index contributed by atoms with van der Waals surface area (Å²) in [6.45, 7) is 6.71. The molecule has 0 aliphatic carbocycles. The number of aliphatic hydroxyl groups excluding tert-OH is 1. The predicted octanol–water partition coefficient (Wildman–Crippen LogP) is 5.21. The Morgan fingerprint density at radius 1 is 1.20 bits per heavy atom. The van der Waals surface area contributed by atoms with Crippen molar-refractivity contribution in [1.29, 1.82) is 0 Å². The van der Waals surface area contributed by atoms with Crippen LogP contribution in [0.25, 0.3) is 0 Å². The van der Waals surface area contributed by atoms with Crippen LogP contribution in [0.5, 0.6) is 0 Å². The zero-order valence-corrected chi connectivity index (χ0v) is 16.9. The first-order valence-corrected chi connectivity index (χ1v) is 10.6. The molecule has 0 fully saturated rings. The van der Waals surface area contributed by atoms with Crippen LogP contribution < -0.4 is 4.90 Å². The minimum Gasteiger partial charge on any atom is -0.388 e. The fourth-order valence-electron chi connectivity index (χ4n) is 2.56. The Labute approximate surface area is 157 Å². The van der Waals surface area contributed by atoms with Gasteiger partial charge in [-0.05, 0) is 49.0 Å². The van der Waals surface area contributed by atoms with Crippen molar-refractivity contribution >= 4 is 23.4 Å². The number of amides is 1. The second-order valence-corrected chi connectivity index (χ2v) is 7.57. The molecule has 1 aromatic carbocycles. The highest BCUT2D eigenvalue weighted by Crippen LogP contribution is 2.23. The first-order valence-electron chi connectivity index (χ1n) is 9.24. The van der Waals surface area contributed by atoms with Crippen LogP contribution in [-0.4, -0.2) is 29.6 Å². The van der Waals surface area contributed by atoms with Gasteiger partial charge in [-0.3, -0.25) is 4.79 Å². The molecule has 0 spiro atoms. The maximum Gasteiger partial charge on any atom is 0.229 e. The lowest BCUT2D eigenvalue weighted by atomic mass is 10.1. The van der Waals surface area contributed by atoms with Crippen molar-refractivity contribution < 1.29 is 9.90 Å². The van der Waals surface area contributed by atoms with Gasteiger partial charge in [-0.1, -0.05) is 51.5 Å². The minimum atomic E-state index is -0.437. The first kappa shape index (κ1) is 21.8. The fourth-order valence-corrected chi connectivity index (χ4v) is 3.02. The quantitative estimate of drug-likeness (QED) is 0.549. The number of carbonyl (C=O) groups excluding carboxylic acids is 1. The topological polar surface area (TPSA) is 40.5 Å². The van der Waals surface area contributed by atoms with Crippen LogP contribution in [0.15, 0.2) is 36.4 Å². The number of anilines is 1. The predicted molar refractivity (Wildman–Crippen MR) is 110 cm³/mol. The Balaban J connectivity index is 2.81. The third-order valence-corrected chi connectivity index (χ3v) is 4.73. The lowest BCUT2D eigenvalue weighted by Gasteiger charge is -2.25. The normalized spacial score (nSPS) is 12.7. The standard InChI is InChI=1S/C21H33NO2S/c1-5-6-7-8-9-15-22(21(24)17(2)3)19-12-10-18(11-13-19)20(23)14-16-25-4/h7-8,10-13,17,20,23H,5-6,9,14-16H2,1-4H3/b8-7-. The fraction of sp³-hybridized carbons (Fsp3) is 0.571. The third-order valence-electron chi connectivity index (χ3n) is 4.09. The number of hydrogen-bond donors (Lipinski definition) is 1. The highest BCUT2D eigenvalue weighted by Gasteiger charge is 2.18. The van der Waals surface area contributed by atoms with E-state index in [-0.39, 0.29) is 11.8 Å². The van der Waals surface area contributed by atoms with E-state index >= 15 is 0 Å². The number of unbranched alkanes of at least 4 members (excludes halogenated alkanes) is 1. The van der Waals surface area contributed by atoms with Crippen LogP contribution in [0.3, 0.4) is 0 Å². The van der Waals surface area contributed by atoms with Gasteiger partial charge in [0.05, 0.1) is 6.10 Å². The van der Waals surface area contributed by atoms with Crippen LogP contribution in [0.1, 0.15) is 58.1 Å². The van der Waals surface area contributed by atoms with Gasteiger partial charge in [-0.15, -0.1) is 0 Å². The van der Waals surface area contributed by atoms with Gasteiger partial charge in [-0.25, -0.2) is 0 Å². The molecule has 0 aliphatic rings. The summed E-state index contributed by atoms with van der Waals surface area (Å²) in [5.41, 5.74) is 1.82. The SMILES string of the molecule is CCC/C=C\CCN(C(=O)C(C)C)c1ccc(C(O)CCSC)cc1. The Hall–Kier alpha value is -1.26. The highest BCUT2D eigenvalue weighted by molar-refractivity contribution is 7.98. The zero-order chi connectivity index (χ0) is 18.7. The lowest BCUT2D eigenvalue weighted by molar-refractivity contribution is -0.121. The molecule has 140 valence electrons. The van der Waals surface area contributed by atoms with Gasteiger partial charge in [0.2, 0.25) is 5.91 Å². The summed E-state index contributed by atoms with van der Waals surface area (Å²) in [7, 11) is 0. The smallest absolute Gasteiger partial charge is 0.229 e. The summed E-state index contributed by atoms with van der Waals surface area (Å²) in [6.07, 6.45) is 9.78. The molecule has 0 saturated carbocycles. The van der Waals surface area contributed by atoms with Crippen molar-refractivity contribution in [3.05, 3.63) is 42.0 Å². The van der Waals surface area contributed by atoms with E-state index in [2.05, 4.69) is 19.1 Å². The molecular weight excluding hydrogens is 330 g/mol. The van der Waals surface area contributed by atoms with E-state index in [0.717, 1.165) is 42.7 Å². The Morgan fingerprint density at radius 3 is 2.40 bits per heavy atom. The maximum absolute atomic E-state index is 12.6. The molecule has 3 nitrogen and oxygen atoms in total. The van der Waals surface area contributed by atoms with Crippen molar-refractivity contribution in [1.82, 2.24) is 0 Å². The molecule has 0 bridgehead atoms. The van der Waals surface area contributed by atoms with Gasteiger partial charge in [0.15, 0.2) is 0 Å². The molecule has 1 atom stereocenters. The van der Waals surface area contributed by atoms with Gasteiger partial charge in [-0.2, -0.15) is 11.8 Å². The molecule has 1 N–H and O–H groups in total. The van der Waals surface area contributed by atoms with E-state index in [4.69, 9.17) is 0 Å². The second-order valence-electron chi connectivity index (χ2n) is 6.58. The summed E-state index contributed by atoms with van der Waals surface area (Å²) >= 11 is 1.74. The largest absolute Gasteiger partial charge is 0.388 e. The van der Waals surface area contributed by atoms with Crippen molar-refractivity contribution in [3.8, 4) is 0 Å². The Kier molecular flexibility index (Phi) is 10.6. The summed E-state index contributed by atoms with van der Waals surface area (Å²) < 4.78 is 0. The van der Waals surface area contributed by atoms with Crippen molar-refractivity contribution in [2.45, 2.75) is 52.6 Å². The highest BCUT2D eigenvalue weighted by atomic mass is 32.2. The van der Waals surface area contributed by atoms with Crippen molar-refractivity contribution in [2.24, 2.45) is 5.92 Å². The average molecular weight is 364 g/mol. The number of thioether (sulfide) groups is 1. The van der Waals surface area contributed by atoms with Gasteiger partial charge in [0.1, 0.15) is 0 Å². The number of allylic oxidation sites excluding steroid dienone is 1. The summed E-state index contributed by atoms with van der Waals surface area (Å²) in [6, 6.07) is 7.78. The van der Waals surface area contributed by atoms with Crippen LogP contribution in [0, 0.1) is 5.92 Å². The molecule has 0 heterocycles. The van der Waals surface area contributed by atoms with E-state index in [0.29, 0.717) is 6.54 Å². The number of rotatable bonds is 11. The Bertz CT molecular complexity index is 525. The molecular formula is C21H33NO2S. The average Bonchev–Trinajstić information content (AvgIpc) is 2.62. The number of carbonyl (C=O) groups is 1. The van der Waals surface area contributed by atoms with Crippen LogP contribution in [0.4, 0.5) is 5.69 Å². The molecule has 1 rings (SSSR count). The van der Waals surface area contributed by atoms with E-state index in [1.807, 2.05) is 49.3 Å². The Morgan fingerprint density at radius 2 is 1.84 bits per heavy atom. The number of nitrogens with zero attached hydrogens (tertiary/aromatic N) is 1. The van der Waals surface area contributed by atoms with Crippen LogP contribution in [-0.2, 0) is 4.79 Å². The zero-order valence-electron chi connectivity index (χ0n) is 16.1. The molecule has 4 heteroatoms. The maximum atomic E-state index is 12.6. The third kappa shape index (κ3) is 7.66. The number of benzene rings is 1. The van der Waals surface area contributed by atoms with Crippen molar-refractivity contribution in [3.63, 3.8) is 0 Å².